The zero-order valence-corrected chi connectivity index (χ0v) is 23.2. The number of carbonyl (C=O) groups is 1. The fourth-order valence-corrected chi connectivity index (χ4v) is 3.98. The van der Waals surface area contributed by atoms with E-state index in [1.807, 2.05) is 30.3 Å². The average molecular weight is 545 g/mol. The lowest BCUT2D eigenvalue weighted by atomic mass is 10.1. The predicted octanol–water partition coefficient (Wildman–Crippen LogP) is 2.62. The van der Waals surface area contributed by atoms with Gasteiger partial charge in [0.25, 0.3) is 0 Å². The summed E-state index contributed by atoms with van der Waals surface area (Å²) in [5.74, 6) is -0.137. The maximum atomic E-state index is 13.2. The Balaban J connectivity index is 1.85. The molecule has 3 aromatic rings. The van der Waals surface area contributed by atoms with Crippen molar-refractivity contribution in [1.29, 1.82) is 0 Å². The Labute approximate surface area is 222 Å². The predicted molar refractivity (Wildman–Crippen MR) is 144 cm³/mol. The summed E-state index contributed by atoms with van der Waals surface area (Å²) in [6.07, 6.45) is 0.221. The molecule has 11 nitrogen and oxygen atoms in total. The minimum Gasteiger partial charge on any atom is -0.595 e. The molecule has 0 saturated heterocycles. The Kier molecular flexibility index (Phi) is 8.68. The van der Waals surface area contributed by atoms with E-state index in [2.05, 4.69) is 25.0 Å². The molecule has 0 fully saturated rings. The van der Waals surface area contributed by atoms with Crippen LogP contribution in [0.15, 0.2) is 53.5 Å². The van der Waals surface area contributed by atoms with Crippen molar-refractivity contribution in [2.24, 2.45) is 4.99 Å². The molecule has 12 heteroatoms. The third-order valence-corrected chi connectivity index (χ3v) is 5.76. The molecule has 0 saturated carbocycles. The van der Waals surface area contributed by atoms with Crippen LogP contribution in [0, 0.1) is 0 Å². The zero-order chi connectivity index (χ0) is 28.1. The number of aromatic nitrogens is 2. The molecule has 0 aliphatic rings. The largest absolute Gasteiger partial charge is 0.595 e. The van der Waals surface area contributed by atoms with Crippen LogP contribution in [0.2, 0.25) is 0 Å². The molecule has 1 amide bonds. The fraction of sp³-hybridized carbons (Fsp3) is 0.423. The Hall–Kier alpha value is -3.64. The molecule has 2 aromatic carbocycles. The van der Waals surface area contributed by atoms with Crippen molar-refractivity contribution in [3.8, 4) is 0 Å². The van der Waals surface area contributed by atoms with Gasteiger partial charge in [0, 0.05) is 5.60 Å². The number of nitrogens with zero attached hydrogens (tertiary/aromatic N) is 2. The molecule has 0 radical (unpaired) electrons. The number of ether oxygens (including phenoxy) is 2. The molecule has 0 aliphatic heterocycles. The van der Waals surface area contributed by atoms with E-state index >= 15 is 0 Å². The molecule has 1 heterocycles. The zero-order valence-electron chi connectivity index (χ0n) is 22.4. The topological polar surface area (TPSA) is 158 Å². The number of anilines is 1. The van der Waals surface area contributed by atoms with E-state index in [9.17, 15) is 18.3 Å². The van der Waals surface area contributed by atoms with Crippen LogP contribution < -0.4 is 15.1 Å². The molecular weight excluding hydrogens is 510 g/mol. The number of hydrogen-bond donors (Lipinski definition) is 3. The molecule has 3 rings (SSSR count). The third kappa shape index (κ3) is 8.73. The summed E-state index contributed by atoms with van der Waals surface area (Å²) in [7, 11) is -3.46. The molecule has 0 aliphatic carbocycles. The van der Waals surface area contributed by atoms with Crippen molar-refractivity contribution in [2.45, 2.75) is 58.4 Å². The summed E-state index contributed by atoms with van der Waals surface area (Å²) in [6, 6.07) is 13.7. The number of hydrogen-bond acceptors (Lipinski definition) is 8. The number of fused-ring (bicyclic) bond motifs is 1. The fourth-order valence-electron chi connectivity index (χ4n) is 3.43. The van der Waals surface area contributed by atoms with E-state index in [4.69, 9.17) is 9.47 Å². The number of H-pyrrole nitrogens is 1. The van der Waals surface area contributed by atoms with Crippen molar-refractivity contribution in [3.63, 3.8) is 0 Å². The standard InChI is InChI=1S/C26H35N5O6S/c1-25(2,3)37-24(33)30-26(4,5)23(32)29-21(16-36-15-17-10-8-7-9-11-17)22-27-19-13-12-18(14-20(19)28-22)31-38(6,34)35/h7-14,21,31H,15-16H2,1-6H3,(H,27,28)(H,29,32)(H,30,33)/p-1/t21-/m1/s1. The first-order chi connectivity index (χ1) is 17.6. The molecule has 0 spiro atoms. The van der Waals surface area contributed by atoms with Crippen LogP contribution in [0.25, 0.3) is 11.0 Å². The highest BCUT2D eigenvalue weighted by atomic mass is 32.2. The van der Waals surface area contributed by atoms with Gasteiger partial charge in [0.05, 0.1) is 36.2 Å². The van der Waals surface area contributed by atoms with Crippen molar-refractivity contribution in [2.75, 3.05) is 17.6 Å². The number of carbonyl (C=O) groups excluding carboxylic acids is 1. The van der Waals surface area contributed by atoms with Gasteiger partial charge in [0.2, 0.25) is 15.9 Å². The molecule has 0 bridgehead atoms. The Bertz CT molecular complexity index is 1390. The van der Waals surface area contributed by atoms with Gasteiger partial charge in [-0.25, -0.2) is 13.4 Å². The van der Waals surface area contributed by atoms with Gasteiger partial charge < -0.3 is 24.9 Å². The van der Waals surface area contributed by atoms with Crippen molar-refractivity contribution >= 4 is 38.7 Å². The molecule has 38 heavy (non-hydrogen) atoms. The Morgan fingerprint density at radius 2 is 1.82 bits per heavy atom. The van der Waals surface area contributed by atoms with Gasteiger partial charge in [-0.3, -0.25) is 14.5 Å². The van der Waals surface area contributed by atoms with Crippen LogP contribution in [0.3, 0.4) is 0 Å². The summed E-state index contributed by atoms with van der Waals surface area (Å²) in [5, 5.41) is 15.1. The summed E-state index contributed by atoms with van der Waals surface area (Å²) < 4.78 is 36.8. The van der Waals surface area contributed by atoms with Gasteiger partial charge in [-0.05, 0) is 37.6 Å². The number of amides is 1. The summed E-state index contributed by atoms with van der Waals surface area (Å²) in [4.78, 5) is 24.9. The van der Waals surface area contributed by atoms with Crippen molar-refractivity contribution < 1.29 is 27.8 Å². The van der Waals surface area contributed by atoms with Gasteiger partial charge >= 0.3 is 0 Å². The highest BCUT2D eigenvalue weighted by molar-refractivity contribution is 7.92. The third-order valence-electron chi connectivity index (χ3n) is 5.15. The van der Waals surface area contributed by atoms with Gasteiger partial charge in [0.15, 0.2) is 0 Å². The van der Waals surface area contributed by atoms with E-state index in [1.165, 1.54) is 13.8 Å². The quantitative estimate of drug-likeness (QED) is 0.261. The lowest BCUT2D eigenvalue weighted by Gasteiger charge is -2.32. The first kappa shape index (κ1) is 28.9. The first-order valence-corrected chi connectivity index (χ1v) is 13.9. The van der Waals surface area contributed by atoms with Crippen molar-refractivity contribution in [1.82, 2.24) is 15.3 Å². The second kappa shape index (κ2) is 11.4. The Morgan fingerprint density at radius 1 is 1.13 bits per heavy atom. The number of aliphatic imine (C=N–C) groups is 1. The molecule has 0 unspecified atom stereocenters. The second-order valence-corrected chi connectivity index (χ2v) is 12.2. The normalized spacial score (nSPS) is 13.8. The number of nitrogens with one attached hydrogen (secondary N) is 3. The highest BCUT2D eigenvalue weighted by Gasteiger charge is 2.31. The van der Waals surface area contributed by atoms with E-state index in [-0.39, 0.29) is 6.61 Å². The van der Waals surface area contributed by atoms with Crippen LogP contribution in [-0.2, 0) is 30.9 Å². The van der Waals surface area contributed by atoms with E-state index in [0.717, 1.165) is 11.8 Å². The van der Waals surface area contributed by atoms with Crippen LogP contribution in [-0.4, -0.2) is 54.4 Å². The SMILES string of the molecule is CC(C)(C)OC([O-])=NC(C)(C)C(=O)N[C@H](COCc1ccccc1)c1nc2ccc(NS(C)(=O)=O)cc2[nH]1. The van der Waals surface area contributed by atoms with Gasteiger partial charge in [-0.2, -0.15) is 0 Å². The van der Waals surface area contributed by atoms with E-state index in [0.29, 0.717) is 29.2 Å². The van der Waals surface area contributed by atoms with Crippen molar-refractivity contribution in [3.05, 3.63) is 59.9 Å². The number of rotatable bonds is 10. The number of imidazole rings is 1. The monoisotopic (exact) mass is 544 g/mol. The molecule has 1 aromatic heterocycles. The van der Waals surface area contributed by atoms with E-state index in [1.54, 1.807) is 39.0 Å². The maximum Gasteiger partial charge on any atom is 0.248 e. The number of aromatic amines is 1. The number of sulfonamides is 1. The lowest BCUT2D eigenvalue weighted by molar-refractivity contribution is -0.261. The van der Waals surface area contributed by atoms with Crippen LogP contribution in [0.4, 0.5) is 5.69 Å². The van der Waals surface area contributed by atoms with Crippen LogP contribution >= 0.6 is 0 Å². The number of benzene rings is 2. The van der Waals surface area contributed by atoms with Gasteiger partial charge in [-0.15, -0.1) is 0 Å². The summed E-state index contributed by atoms with van der Waals surface area (Å²) >= 11 is 0. The first-order valence-electron chi connectivity index (χ1n) is 12.0. The highest BCUT2D eigenvalue weighted by Crippen LogP contribution is 2.22. The summed E-state index contributed by atoms with van der Waals surface area (Å²) in [5.41, 5.74) is 0.276. The molecule has 3 N–H and O–H groups in total. The minimum atomic E-state index is -3.46. The molecular formula is C26H34N5O6S-. The van der Waals surface area contributed by atoms with Crippen LogP contribution in [0.1, 0.15) is 52.0 Å². The maximum absolute atomic E-state index is 13.2. The van der Waals surface area contributed by atoms with Gasteiger partial charge in [-0.1, -0.05) is 51.1 Å². The van der Waals surface area contributed by atoms with Gasteiger partial charge in [0.1, 0.15) is 23.5 Å². The summed E-state index contributed by atoms with van der Waals surface area (Å²) in [6.45, 7) is 8.54. The molecule has 1 atom stereocenters. The van der Waals surface area contributed by atoms with Crippen LogP contribution in [0.5, 0.6) is 0 Å². The lowest BCUT2D eigenvalue weighted by Crippen LogP contribution is -2.46. The smallest absolute Gasteiger partial charge is 0.248 e. The Morgan fingerprint density at radius 3 is 2.45 bits per heavy atom. The average Bonchev–Trinajstić information content (AvgIpc) is 3.19. The minimum absolute atomic E-state index is 0.0669. The second-order valence-electron chi connectivity index (χ2n) is 10.4. The molecule has 206 valence electrons. The van der Waals surface area contributed by atoms with E-state index < -0.39 is 39.2 Å².